The molecule has 1 saturated heterocycles. The monoisotopic (exact) mass is 328 g/mol. The van der Waals surface area contributed by atoms with Gasteiger partial charge in [-0.1, -0.05) is 24.3 Å². The fourth-order valence-electron chi connectivity index (χ4n) is 3.86. The maximum Gasteiger partial charge on any atom is 0.334 e. The van der Waals surface area contributed by atoms with Crippen molar-refractivity contribution < 1.29 is 23.9 Å². The summed E-state index contributed by atoms with van der Waals surface area (Å²) in [5, 5.41) is 0. The molecule has 0 aromatic heterocycles. The molecule has 1 aliphatic heterocycles. The van der Waals surface area contributed by atoms with Crippen LogP contribution in [0.2, 0.25) is 0 Å². The molecule has 0 N–H and O–H groups in total. The molecule has 126 valence electrons. The average Bonchev–Trinajstić information content (AvgIpc) is 2.89. The van der Waals surface area contributed by atoms with Gasteiger partial charge in [0.2, 0.25) is 0 Å². The van der Waals surface area contributed by atoms with Crippen molar-refractivity contribution in [2.45, 2.75) is 39.4 Å². The fourth-order valence-corrected chi connectivity index (χ4v) is 3.86. The molecule has 1 fully saturated rings. The lowest BCUT2D eigenvalue weighted by Gasteiger charge is -2.28. The first-order valence-corrected chi connectivity index (χ1v) is 7.90. The van der Waals surface area contributed by atoms with Crippen LogP contribution in [0.1, 0.15) is 27.2 Å². The maximum atomic E-state index is 12.4. The molecule has 3 rings (SSSR count). The van der Waals surface area contributed by atoms with Gasteiger partial charge >= 0.3 is 11.9 Å². The summed E-state index contributed by atoms with van der Waals surface area (Å²) in [6.45, 7) is 12.7. The van der Waals surface area contributed by atoms with Gasteiger partial charge < -0.3 is 9.47 Å². The number of esters is 2. The second-order valence-corrected chi connectivity index (χ2v) is 6.77. The fraction of sp³-hybridized carbons (Fsp3) is 0.421. The van der Waals surface area contributed by atoms with Crippen molar-refractivity contribution in [3.05, 3.63) is 47.1 Å². The topological polar surface area (TPSA) is 69.7 Å². The van der Waals surface area contributed by atoms with Crippen LogP contribution in [0.4, 0.5) is 0 Å². The summed E-state index contributed by atoms with van der Waals surface area (Å²) >= 11 is 0. The van der Waals surface area contributed by atoms with Crippen LogP contribution in [0.5, 0.6) is 0 Å². The van der Waals surface area contributed by atoms with E-state index in [9.17, 15) is 14.4 Å². The molecule has 0 spiro atoms. The standard InChI is InChI=1S/C19H20O5/c1-8(2)18(21)23-13-7-10(4)14-12(20)6-9(3)15(14)17-16(13)11(5)19(22)24-17/h6,13,15-17H,1,5,7H2,2-4H3/t13-,15+,16-,17-/m1/s1. The van der Waals surface area contributed by atoms with Gasteiger partial charge in [0.25, 0.3) is 0 Å². The Morgan fingerprint density at radius 3 is 2.62 bits per heavy atom. The second-order valence-electron chi connectivity index (χ2n) is 6.77. The number of allylic oxidation sites excluding steroid dienone is 1. The smallest absolute Gasteiger partial charge is 0.334 e. The lowest BCUT2D eigenvalue weighted by atomic mass is 9.82. The van der Waals surface area contributed by atoms with Gasteiger partial charge in [-0.2, -0.15) is 0 Å². The zero-order chi connectivity index (χ0) is 17.8. The minimum absolute atomic E-state index is 0.0609. The van der Waals surface area contributed by atoms with E-state index in [0.29, 0.717) is 17.6 Å². The Bertz CT molecular complexity index is 752. The molecular weight excluding hydrogens is 308 g/mol. The van der Waals surface area contributed by atoms with Crippen molar-refractivity contribution in [1.82, 2.24) is 0 Å². The summed E-state index contributed by atoms with van der Waals surface area (Å²) in [6.07, 6.45) is 0.796. The van der Waals surface area contributed by atoms with Gasteiger partial charge in [-0.25, -0.2) is 9.59 Å². The van der Waals surface area contributed by atoms with Gasteiger partial charge in [-0.3, -0.25) is 4.79 Å². The molecule has 0 aromatic carbocycles. The van der Waals surface area contributed by atoms with E-state index in [1.807, 2.05) is 13.8 Å². The van der Waals surface area contributed by atoms with E-state index in [1.165, 1.54) is 0 Å². The molecule has 2 aliphatic carbocycles. The first-order valence-electron chi connectivity index (χ1n) is 7.90. The molecule has 5 heteroatoms. The number of ether oxygens (including phenoxy) is 2. The highest BCUT2D eigenvalue weighted by Crippen LogP contribution is 2.48. The molecule has 0 aromatic rings. The number of hydrogen-bond donors (Lipinski definition) is 0. The lowest BCUT2D eigenvalue weighted by Crippen LogP contribution is -2.36. The first kappa shape index (κ1) is 16.4. The number of fused-ring (bicyclic) bond motifs is 3. The summed E-state index contributed by atoms with van der Waals surface area (Å²) in [5.74, 6) is -1.83. The quantitative estimate of drug-likeness (QED) is 0.575. The molecule has 3 aliphatic rings. The third-order valence-electron chi connectivity index (χ3n) is 4.99. The number of hydrogen-bond acceptors (Lipinski definition) is 5. The summed E-state index contributed by atoms with van der Waals surface area (Å²) in [5.41, 5.74) is 2.94. The lowest BCUT2D eigenvalue weighted by molar-refractivity contribution is -0.148. The minimum Gasteiger partial charge on any atom is -0.458 e. The zero-order valence-corrected chi connectivity index (χ0v) is 14.0. The van der Waals surface area contributed by atoms with Gasteiger partial charge in [0, 0.05) is 29.1 Å². The molecule has 1 heterocycles. The Hall–Kier alpha value is -2.43. The van der Waals surface area contributed by atoms with Crippen LogP contribution < -0.4 is 0 Å². The van der Waals surface area contributed by atoms with E-state index in [4.69, 9.17) is 9.47 Å². The van der Waals surface area contributed by atoms with E-state index in [0.717, 1.165) is 11.1 Å². The molecule has 4 atom stereocenters. The highest BCUT2D eigenvalue weighted by atomic mass is 16.6. The van der Waals surface area contributed by atoms with Crippen molar-refractivity contribution in [2.75, 3.05) is 0 Å². The van der Waals surface area contributed by atoms with Crippen molar-refractivity contribution in [3.63, 3.8) is 0 Å². The third-order valence-corrected chi connectivity index (χ3v) is 4.99. The molecule has 0 amide bonds. The van der Waals surface area contributed by atoms with E-state index in [-0.39, 0.29) is 17.3 Å². The Balaban J connectivity index is 2.06. The first-order chi connectivity index (χ1) is 11.2. The summed E-state index contributed by atoms with van der Waals surface area (Å²) in [6, 6.07) is 0. The molecular formula is C19H20O5. The number of carbonyl (C=O) groups is 3. The Morgan fingerprint density at radius 2 is 2.00 bits per heavy atom. The van der Waals surface area contributed by atoms with E-state index < -0.39 is 30.1 Å². The van der Waals surface area contributed by atoms with E-state index in [1.54, 1.807) is 13.0 Å². The highest BCUT2D eigenvalue weighted by molar-refractivity contribution is 6.09. The molecule has 0 bridgehead atoms. The predicted molar refractivity (Wildman–Crippen MR) is 86.8 cm³/mol. The number of rotatable bonds is 2. The molecule has 0 saturated carbocycles. The number of carbonyl (C=O) groups excluding carboxylic acids is 3. The van der Waals surface area contributed by atoms with Crippen LogP contribution in [0.25, 0.3) is 0 Å². The predicted octanol–water partition coefficient (Wildman–Crippen LogP) is 2.44. The van der Waals surface area contributed by atoms with Crippen LogP contribution >= 0.6 is 0 Å². The maximum absolute atomic E-state index is 12.4. The van der Waals surface area contributed by atoms with Crippen LogP contribution in [0.15, 0.2) is 47.1 Å². The van der Waals surface area contributed by atoms with Gasteiger partial charge in [0.05, 0.1) is 5.92 Å². The summed E-state index contributed by atoms with van der Waals surface area (Å²) < 4.78 is 11.1. The van der Waals surface area contributed by atoms with Crippen LogP contribution in [0.3, 0.4) is 0 Å². The Morgan fingerprint density at radius 1 is 1.33 bits per heavy atom. The van der Waals surface area contributed by atoms with Gasteiger partial charge in [-0.15, -0.1) is 0 Å². The van der Waals surface area contributed by atoms with Crippen molar-refractivity contribution in [3.8, 4) is 0 Å². The SMILES string of the molecule is C=C(C)C(=O)O[C@@H]1CC(C)=C2C(=O)C=C(C)[C@@H]2[C@H]2OC(=O)C(=C)[C@@H]21. The Labute approximate surface area is 140 Å². The normalized spacial score (nSPS) is 32.0. The van der Waals surface area contributed by atoms with E-state index >= 15 is 0 Å². The van der Waals surface area contributed by atoms with Crippen molar-refractivity contribution in [2.24, 2.45) is 11.8 Å². The molecule has 0 unspecified atom stereocenters. The summed E-state index contributed by atoms with van der Waals surface area (Å²) in [4.78, 5) is 36.4. The Kier molecular flexibility index (Phi) is 3.82. The largest absolute Gasteiger partial charge is 0.458 e. The van der Waals surface area contributed by atoms with E-state index in [2.05, 4.69) is 13.2 Å². The third kappa shape index (κ3) is 2.35. The molecule has 5 nitrogen and oxygen atoms in total. The molecule has 24 heavy (non-hydrogen) atoms. The van der Waals surface area contributed by atoms with Gasteiger partial charge in [0.1, 0.15) is 12.2 Å². The minimum atomic E-state index is -0.600. The van der Waals surface area contributed by atoms with Crippen molar-refractivity contribution in [1.29, 1.82) is 0 Å². The number of ketones is 1. The highest BCUT2D eigenvalue weighted by Gasteiger charge is 2.53. The average molecular weight is 328 g/mol. The van der Waals surface area contributed by atoms with Crippen LogP contribution in [-0.2, 0) is 23.9 Å². The van der Waals surface area contributed by atoms with Crippen LogP contribution in [-0.4, -0.2) is 29.9 Å². The summed E-state index contributed by atoms with van der Waals surface area (Å²) in [7, 11) is 0. The van der Waals surface area contributed by atoms with Gasteiger partial charge in [-0.05, 0) is 26.8 Å². The zero-order valence-electron chi connectivity index (χ0n) is 14.0. The molecule has 0 radical (unpaired) electrons. The van der Waals surface area contributed by atoms with Crippen molar-refractivity contribution >= 4 is 17.7 Å². The second kappa shape index (κ2) is 5.58. The van der Waals surface area contributed by atoms with Gasteiger partial charge in [0.15, 0.2) is 5.78 Å². The van der Waals surface area contributed by atoms with Crippen LogP contribution in [0, 0.1) is 11.8 Å².